The molecule has 0 bridgehead atoms. The van der Waals surface area contributed by atoms with Gasteiger partial charge in [0.15, 0.2) is 0 Å². The van der Waals surface area contributed by atoms with Gasteiger partial charge in [0.25, 0.3) is 0 Å². The Kier molecular flexibility index (Phi) is 4.61. The Labute approximate surface area is 119 Å². The Morgan fingerprint density at radius 2 is 1.80 bits per heavy atom. The van der Waals surface area contributed by atoms with Crippen molar-refractivity contribution in [2.24, 2.45) is 0 Å². The molecule has 1 aliphatic carbocycles. The second-order valence-corrected chi connectivity index (χ2v) is 6.73. The quantitative estimate of drug-likeness (QED) is 0.704. The molecule has 0 unspecified atom stereocenters. The van der Waals surface area contributed by atoms with Gasteiger partial charge in [-0.25, -0.2) is 8.42 Å². The molecular formula is C13H19N3O3S. The number of benzene rings is 1. The zero-order valence-corrected chi connectivity index (χ0v) is 12.2. The van der Waals surface area contributed by atoms with Crippen LogP contribution in [-0.4, -0.2) is 33.2 Å². The number of nitrogens with one attached hydrogen (secondary N) is 3. The number of carbonyl (C=O) groups excluding carboxylic acids is 1. The average Bonchev–Trinajstić information content (AvgIpc) is 3.14. The van der Waals surface area contributed by atoms with Crippen molar-refractivity contribution >= 4 is 27.3 Å². The van der Waals surface area contributed by atoms with Crippen molar-refractivity contribution in [1.29, 1.82) is 0 Å². The van der Waals surface area contributed by atoms with Crippen LogP contribution in [0, 0.1) is 0 Å². The third kappa shape index (κ3) is 5.58. The van der Waals surface area contributed by atoms with Crippen LogP contribution in [-0.2, 0) is 14.8 Å². The number of rotatable bonds is 7. The van der Waals surface area contributed by atoms with Crippen molar-refractivity contribution in [2.75, 3.05) is 22.8 Å². The summed E-state index contributed by atoms with van der Waals surface area (Å²) >= 11 is 0. The van der Waals surface area contributed by atoms with Gasteiger partial charge in [0.1, 0.15) is 0 Å². The van der Waals surface area contributed by atoms with E-state index in [0.717, 1.165) is 6.26 Å². The van der Waals surface area contributed by atoms with Gasteiger partial charge in [-0.05, 0) is 37.1 Å². The largest absolute Gasteiger partial charge is 0.326 e. The Bertz CT molecular complexity index is 565. The molecule has 1 fully saturated rings. The van der Waals surface area contributed by atoms with Crippen molar-refractivity contribution in [2.45, 2.75) is 25.3 Å². The Balaban J connectivity index is 1.78. The molecule has 0 atom stereocenters. The number of anilines is 2. The highest BCUT2D eigenvalue weighted by Crippen LogP contribution is 2.18. The summed E-state index contributed by atoms with van der Waals surface area (Å²) < 4.78 is 24.5. The summed E-state index contributed by atoms with van der Waals surface area (Å²) in [5, 5.41) is 6.04. The maximum Gasteiger partial charge on any atom is 0.229 e. The van der Waals surface area contributed by atoms with Crippen molar-refractivity contribution < 1.29 is 13.2 Å². The van der Waals surface area contributed by atoms with Gasteiger partial charge in [0.2, 0.25) is 15.9 Å². The van der Waals surface area contributed by atoms with Gasteiger partial charge in [-0.3, -0.25) is 9.52 Å². The van der Waals surface area contributed by atoms with Crippen LogP contribution in [0.2, 0.25) is 0 Å². The van der Waals surface area contributed by atoms with Gasteiger partial charge in [-0.15, -0.1) is 0 Å². The predicted molar refractivity (Wildman–Crippen MR) is 79.2 cm³/mol. The monoisotopic (exact) mass is 297 g/mol. The fourth-order valence-corrected chi connectivity index (χ4v) is 2.30. The van der Waals surface area contributed by atoms with Crippen LogP contribution in [0.1, 0.15) is 19.3 Å². The first-order valence-electron chi connectivity index (χ1n) is 6.53. The Hall–Kier alpha value is -1.60. The first kappa shape index (κ1) is 14.8. The molecule has 1 amide bonds. The first-order chi connectivity index (χ1) is 9.42. The highest BCUT2D eigenvalue weighted by atomic mass is 32.2. The van der Waals surface area contributed by atoms with Gasteiger partial charge in [0.05, 0.1) is 6.26 Å². The van der Waals surface area contributed by atoms with Crippen molar-refractivity contribution in [1.82, 2.24) is 5.32 Å². The highest BCUT2D eigenvalue weighted by molar-refractivity contribution is 7.92. The molecule has 0 heterocycles. The van der Waals surface area contributed by atoms with E-state index in [1.54, 1.807) is 24.3 Å². The molecule has 6 nitrogen and oxygen atoms in total. The summed E-state index contributed by atoms with van der Waals surface area (Å²) in [6, 6.07) is 7.15. The lowest BCUT2D eigenvalue weighted by molar-refractivity contribution is -0.116. The van der Waals surface area contributed by atoms with E-state index in [9.17, 15) is 13.2 Å². The van der Waals surface area contributed by atoms with Crippen LogP contribution < -0.4 is 15.4 Å². The number of hydrogen-bond acceptors (Lipinski definition) is 4. The number of amides is 1. The minimum atomic E-state index is -3.27. The summed E-state index contributed by atoms with van der Waals surface area (Å²) in [6.07, 6.45) is 3.93. The van der Waals surface area contributed by atoms with E-state index < -0.39 is 10.0 Å². The average molecular weight is 297 g/mol. The summed E-state index contributed by atoms with van der Waals surface area (Å²) in [5.41, 5.74) is 1.13. The zero-order valence-electron chi connectivity index (χ0n) is 11.3. The summed E-state index contributed by atoms with van der Waals surface area (Å²) in [4.78, 5) is 11.7. The van der Waals surface area contributed by atoms with Gasteiger partial charge in [-0.2, -0.15) is 0 Å². The third-order valence-corrected chi connectivity index (χ3v) is 3.44. The van der Waals surface area contributed by atoms with Crippen molar-refractivity contribution in [3.05, 3.63) is 24.3 Å². The van der Waals surface area contributed by atoms with E-state index in [-0.39, 0.29) is 5.91 Å². The lowest BCUT2D eigenvalue weighted by atomic mass is 10.3. The second-order valence-electron chi connectivity index (χ2n) is 4.98. The van der Waals surface area contributed by atoms with Crippen LogP contribution in [0.4, 0.5) is 11.4 Å². The molecule has 0 spiro atoms. The van der Waals surface area contributed by atoms with E-state index in [2.05, 4.69) is 15.4 Å². The Morgan fingerprint density at radius 1 is 1.20 bits per heavy atom. The molecule has 1 aromatic rings. The van der Waals surface area contributed by atoms with Crippen molar-refractivity contribution in [3.63, 3.8) is 0 Å². The second kappa shape index (κ2) is 6.23. The smallest absolute Gasteiger partial charge is 0.229 e. The molecule has 3 N–H and O–H groups in total. The SMILES string of the molecule is CS(=O)(=O)Nc1ccc(NC(=O)CCNC2CC2)cc1. The van der Waals surface area contributed by atoms with Crippen molar-refractivity contribution in [3.8, 4) is 0 Å². The molecule has 7 heteroatoms. The number of sulfonamides is 1. The molecular weight excluding hydrogens is 278 g/mol. The van der Waals surface area contributed by atoms with Gasteiger partial charge in [-0.1, -0.05) is 0 Å². The topological polar surface area (TPSA) is 87.3 Å². The minimum Gasteiger partial charge on any atom is -0.326 e. The van der Waals surface area contributed by atoms with Gasteiger partial charge in [0, 0.05) is 30.4 Å². The van der Waals surface area contributed by atoms with Crippen LogP contribution in [0.15, 0.2) is 24.3 Å². The first-order valence-corrected chi connectivity index (χ1v) is 8.42. The van der Waals surface area contributed by atoms with Gasteiger partial charge < -0.3 is 10.6 Å². The maximum atomic E-state index is 11.7. The van der Waals surface area contributed by atoms with E-state index in [1.807, 2.05) is 0 Å². The number of hydrogen-bond donors (Lipinski definition) is 3. The molecule has 1 saturated carbocycles. The maximum absolute atomic E-state index is 11.7. The Morgan fingerprint density at radius 3 is 2.35 bits per heavy atom. The molecule has 0 radical (unpaired) electrons. The minimum absolute atomic E-state index is 0.0537. The summed E-state index contributed by atoms with van der Waals surface area (Å²) in [6.45, 7) is 0.685. The standard InChI is InChI=1S/C13H19N3O3S/c1-20(18,19)16-12-6-4-11(5-7-12)15-13(17)8-9-14-10-2-3-10/h4-7,10,14,16H,2-3,8-9H2,1H3,(H,15,17). The molecule has 1 aliphatic rings. The third-order valence-electron chi connectivity index (χ3n) is 2.83. The van der Waals surface area contributed by atoms with Crippen LogP contribution in [0.25, 0.3) is 0 Å². The van der Waals surface area contributed by atoms with Gasteiger partial charge >= 0.3 is 0 Å². The lowest BCUT2D eigenvalue weighted by Crippen LogP contribution is -2.23. The molecule has 0 aromatic heterocycles. The van der Waals surface area contributed by atoms with Crippen LogP contribution >= 0.6 is 0 Å². The normalized spacial score (nSPS) is 14.8. The molecule has 20 heavy (non-hydrogen) atoms. The van der Waals surface area contributed by atoms with E-state index in [1.165, 1.54) is 12.8 Å². The van der Waals surface area contributed by atoms with E-state index >= 15 is 0 Å². The van der Waals surface area contributed by atoms with Crippen LogP contribution in [0.3, 0.4) is 0 Å². The van der Waals surface area contributed by atoms with Crippen LogP contribution in [0.5, 0.6) is 0 Å². The molecule has 1 aromatic carbocycles. The zero-order chi connectivity index (χ0) is 14.6. The fourth-order valence-electron chi connectivity index (χ4n) is 1.74. The molecule has 2 rings (SSSR count). The van der Waals surface area contributed by atoms with E-state index in [4.69, 9.17) is 0 Å². The predicted octanol–water partition coefficient (Wildman–Crippen LogP) is 1.14. The summed E-state index contributed by atoms with van der Waals surface area (Å²) in [5.74, 6) is -0.0537. The molecule has 110 valence electrons. The van der Waals surface area contributed by atoms with E-state index in [0.29, 0.717) is 30.4 Å². The fraction of sp³-hybridized carbons (Fsp3) is 0.462. The number of carbonyl (C=O) groups is 1. The molecule has 0 saturated heterocycles. The molecule has 0 aliphatic heterocycles. The summed E-state index contributed by atoms with van der Waals surface area (Å²) in [7, 11) is -3.27. The highest BCUT2D eigenvalue weighted by Gasteiger charge is 2.20. The lowest BCUT2D eigenvalue weighted by Gasteiger charge is -2.08.